The summed E-state index contributed by atoms with van der Waals surface area (Å²) in [6.07, 6.45) is 6.03. The standard InChI is InChI=1S/C19H23N3O2/c1-12-16(18(23)24-2)17(13-8-4-3-5-9-13)22-15-11-7-6-10-14(15)21-19(22)20-12/h6-7,10-11,13,17H,3-5,8-9H2,1-2H3,(H,20,21). The van der Waals surface area contributed by atoms with Gasteiger partial charge in [0.05, 0.1) is 29.8 Å². The third-order valence-corrected chi connectivity index (χ3v) is 5.37. The van der Waals surface area contributed by atoms with Crippen LogP contribution in [-0.4, -0.2) is 22.6 Å². The van der Waals surface area contributed by atoms with E-state index in [1.165, 1.54) is 26.4 Å². The van der Waals surface area contributed by atoms with E-state index >= 15 is 0 Å². The zero-order chi connectivity index (χ0) is 16.7. The van der Waals surface area contributed by atoms with Crippen LogP contribution in [0.3, 0.4) is 0 Å². The molecule has 0 amide bonds. The first kappa shape index (κ1) is 15.2. The zero-order valence-corrected chi connectivity index (χ0v) is 14.2. The van der Waals surface area contributed by atoms with Crippen LogP contribution in [0.15, 0.2) is 35.5 Å². The van der Waals surface area contributed by atoms with Gasteiger partial charge in [0.25, 0.3) is 0 Å². The molecule has 1 atom stereocenters. The number of fused-ring (bicyclic) bond motifs is 3. The fraction of sp³-hybridized carbons (Fsp3) is 0.474. The monoisotopic (exact) mass is 325 g/mol. The molecule has 2 aliphatic rings. The Morgan fingerprint density at radius 3 is 2.75 bits per heavy atom. The number of anilines is 1. The van der Waals surface area contributed by atoms with E-state index in [-0.39, 0.29) is 12.0 Å². The Morgan fingerprint density at radius 2 is 2.00 bits per heavy atom. The summed E-state index contributed by atoms with van der Waals surface area (Å²) in [5, 5.41) is 3.31. The number of carbonyl (C=O) groups excluding carboxylic acids is 1. The molecule has 126 valence electrons. The van der Waals surface area contributed by atoms with Crippen molar-refractivity contribution in [1.82, 2.24) is 9.55 Å². The molecule has 5 heteroatoms. The second-order valence-electron chi connectivity index (χ2n) is 6.79. The number of benzene rings is 1. The molecule has 1 aromatic carbocycles. The SMILES string of the molecule is COC(=O)C1=C(C)Nc2nc3ccccc3n2C1C1CCCCC1. The van der Waals surface area contributed by atoms with Crippen LogP contribution in [0.1, 0.15) is 45.1 Å². The van der Waals surface area contributed by atoms with E-state index in [2.05, 4.69) is 16.0 Å². The molecule has 1 aromatic heterocycles. The van der Waals surface area contributed by atoms with Crippen LogP contribution in [0.25, 0.3) is 11.0 Å². The lowest BCUT2D eigenvalue weighted by molar-refractivity contribution is -0.137. The van der Waals surface area contributed by atoms with Gasteiger partial charge in [0.2, 0.25) is 5.95 Å². The molecular weight excluding hydrogens is 302 g/mol. The molecule has 0 spiro atoms. The van der Waals surface area contributed by atoms with Crippen LogP contribution < -0.4 is 5.32 Å². The molecular formula is C19H23N3O2. The van der Waals surface area contributed by atoms with Gasteiger partial charge in [-0.25, -0.2) is 9.78 Å². The number of allylic oxidation sites excluding steroid dienone is 1. The number of hydrogen-bond donors (Lipinski definition) is 1. The van der Waals surface area contributed by atoms with Crippen molar-refractivity contribution in [1.29, 1.82) is 0 Å². The van der Waals surface area contributed by atoms with Crippen molar-refractivity contribution < 1.29 is 9.53 Å². The number of nitrogens with one attached hydrogen (secondary N) is 1. The number of carbonyl (C=O) groups is 1. The Hall–Kier alpha value is -2.30. The number of ether oxygens (including phenoxy) is 1. The first-order valence-electron chi connectivity index (χ1n) is 8.73. The highest BCUT2D eigenvalue weighted by molar-refractivity contribution is 5.93. The molecule has 1 fully saturated rings. The lowest BCUT2D eigenvalue weighted by Crippen LogP contribution is -2.33. The Labute approximate surface area is 141 Å². The molecule has 2 aromatic rings. The van der Waals surface area contributed by atoms with Crippen LogP contribution in [-0.2, 0) is 9.53 Å². The van der Waals surface area contributed by atoms with Gasteiger partial charge in [0, 0.05) is 5.70 Å². The molecule has 1 saturated carbocycles. The lowest BCUT2D eigenvalue weighted by Gasteiger charge is -2.36. The zero-order valence-electron chi connectivity index (χ0n) is 14.2. The first-order chi connectivity index (χ1) is 11.7. The van der Waals surface area contributed by atoms with Crippen molar-refractivity contribution in [2.24, 2.45) is 5.92 Å². The predicted molar refractivity (Wildman–Crippen MR) is 93.7 cm³/mol. The highest BCUT2D eigenvalue weighted by atomic mass is 16.5. The number of methoxy groups -OCH3 is 1. The van der Waals surface area contributed by atoms with E-state index in [9.17, 15) is 4.79 Å². The van der Waals surface area contributed by atoms with Crippen LogP contribution >= 0.6 is 0 Å². The molecule has 0 bridgehead atoms. The third-order valence-electron chi connectivity index (χ3n) is 5.37. The van der Waals surface area contributed by atoms with E-state index in [0.717, 1.165) is 41.1 Å². The number of imidazole rings is 1. The van der Waals surface area contributed by atoms with Gasteiger partial charge in [0.1, 0.15) is 0 Å². The fourth-order valence-corrected chi connectivity index (χ4v) is 4.28. The molecule has 0 saturated heterocycles. The molecule has 2 heterocycles. The third kappa shape index (κ3) is 2.30. The largest absolute Gasteiger partial charge is 0.466 e. The summed E-state index contributed by atoms with van der Waals surface area (Å²) in [4.78, 5) is 17.3. The summed E-state index contributed by atoms with van der Waals surface area (Å²) in [6.45, 7) is 1.95. The molecule has 1 unspecified atom stereocenters. The summed E-state index contributed by atoms with van der Waals surface area (Å²) in [6, 6.07) is 8.13. The number of aromatic nitrogens is 2. The highest BCUT2D eigenvalue weighted by Gasteiger charge is 2.38. The quantitative estimate of drug-likeness (QED) is 0.847. The Bertz CT molecular complexity index is 815. The van der Waals surface area contributed by atoms with Gasteiger partial charge < -0.3 is 14.6 Å². The molecule has 0 radical (unpaired) electrons. The van der Waals surface area contributed by atoms with Crippen LogP contribution in [0.5, 0.6) is 0 Å². The summed E-state index contributed by atoms with van der Waals surface area (Å²) >= 11 is 0. The number of rotatable bonds is 2. The molecule has 5 nitrogen and oxygen atoms in total. The topological polar surface area (TPSA) is 56.1 Å². The number of hydrogen-bond acceptors (Lipinski definition) is 4. The predicted octanol–water partition coefficient (Wildman–Crippen LogP) is 4.03. The average molecular weight is 325 g/mol. The second-order valence-corrected chi connectivity index (χ2v) is 6.79. The van der Waals surface area contributed by atoms with Crippen molar-refractivity contribution >= 4 is 23.0 Å². The maximum atomic E-state index is 12.5. The molecule has 24 heavy (non-hydrogen) atoms. The highest BCUT2D eigenvalue weighted by Crippen LogP contribution is 2.44. The minimum Gasteiger partial charge on any atom is -0.466 e. The minimum atomic E-state index is -0.237. The average Bonchev–Trinajstić information content (AvgIpc) is 2.98. The van der Waals surface area contributed by atoms with E-state index in [4.69, 9.17) is 9.72 Å². The Morgan fingerprint density at radius 1 is 1.25 bits per heavy atom. The van der Waals surface area contributed by atoms with Crippen molar-refractivity contribution in [3.05, 3.63) is 35.5 Å². The molecule has 1 aliphatic heterocycles. The molecule has 1 N–H and O–H groups in total. The van der Waals surface area contributed by atoms with E-state index in [1.807, 2.05) is 25.1 Å². The summed E-state index contributed by atoms with van der Waals surface area (Å²) in [5.74, 6) is 1.04. The minimum absolute atomic E-state index is 0.00130. The summed E-state index contributed by atoms with van der Waals surface area (Å²) < 4.78 is 7.33. The number of nitrogens with zero attached hydrogens (tertiary/aromatic N) is 2. The van der Waals surface area contributed by atoms with Crippen LogP contribution in [0.4, 0.5) is 5.95 Å². The van der Waals surface area contributed by atoms with Gasteiger partial charge in [0.15, 0.2) is 0 Å². The fourth-order valence-electron chi connectivity index (χ4n) is 4.28. The molecule has 1 aliphatic carbocycles. The second kappa shape index (κ2) is 5.96. The van der Waals surface area contributed by atoms with Crippen LogP contribution in [0.2, 0.25) is 0 Å². The van der Waals surface area contributed by atoms with Crippen molar-refractivity contribution in [2.45, 2.75) is 45.1 Å². The first-order valence-corrected chi connectivity index (χ1v) is 8.73. The van der Waals surface area contributed by atoms with E-state index < -0.39 is 0 Å². The summed E-state index contributed by atoms with van der Waals surface area (Å²) in [5.41, 5.74) is 3.64. The summed E-state index contributed by atoms with van der Waals surface area (Å²) in [7, 11) is 1.46. The van der Waals surface area contributed by atoms with Gasteiger partial charge >= 0.3 is 5.97 Å². The molecule has 4 rings (SSSR count). The number of esters is 1. The smallest absolute Gasteiger partial charge is 0.337 e. The lowest BCUT2D eigenvalue weighted by atomic mass is 9.79. The van der Waals surface area contributed by atoms with Gasteiger partial charge in [-0.1, -0.05) is 31.4 Å². The van der Waals surface area contributed by atoms with Crippen molar-refractivity contribution in [3.8, 4) is 0 Å². The van der Waals surface area contributed by atoms with E-state index in [0.29, 0.717) is 5.92 Å². The van der Waals surface area contributed by atoms with Crippen molar-refractivity contribution in [3.63, 3.8) is 0 Å². The van der Waals surface area contributed by atoms with Crippen molar-refractivity contribution in [2.75, 3.05) is 12.4 Å². The Balaban J connectivity index is 1.91. The normalized spacial score (nSPS) is 21.5. The van der Waals surface area contributed by atoms with Gasteiger partial charge in [-0.05, 0) is 37.8 Å². The maximum Gasteiger partial charge on any atom is 0.337 e. The van der Waals surface area contributed by atoms with Crippen LogP contribution in [0, 0.1) is 5.92 Å². The van der Waals surface area contributed by atoms with Gasteiger partial charge in [-0.3, -0.25) is 0 Å². The van der Waals surface area contributed by atoms with E-state index in [1.54, 1.807) is 0 Å². The number of para-hydroxylation sites is 2. The Kier molecular flexibility index (Phi) is 3.79. The maximum absolute atomic E-state index is 12.5. The van der Waals surface area contributed by atoms with Gasteiger partial charge in [-0.2, -0.15) is 0 Å². The van der Waals surface area contributed by atoms with Gasteiger partial charge in [-0.15, -0.1) is 0 Å².